The lowest BCUT2D eigenvalue weighted by Gasteiger charge is -2.36. The van der Waals surface area contributed by atoms with E-state index in [9.17, 15) is 0 Å². The second-order valence-electron chi connectivity index (χ2n) is 5.34. The minimum absolute atomic E-state index is 0.846. The number of rotatable bonds is 3. The van der Waals surface area contributed by atoms with Crippen LogP contribution in [0.15, 0.2) is 53.0 Å². The number of halogens is 2. The summed E-state index contributed by atoms with van der Waals surface area (Å²) in [5, 5.41) is 0.846. The van der Waals surface area contributed by atoms with E-state index >= 15 is 0 Å². The topological polar surface area (TPSA) is 6.48 Å². The molecule has 1 aliphatic heterocycles. The van der Waals surface area contributed by atoms with Gasteiger partial charge in [-0.05, 0) is 29.8 Å². The Labute approximate surface area is 139 Å². The van der Waals surface area contributed by atoms with Crippen molar-refractivity contribution in [3.8, 4) is 0 Å². The zero-order valence-corrected chi connectivity index (χ0v) is 14.1. The van der Waals surface area contributed by atoms with Gasteiger partial charge in [0.05, 0.1) is 10.7 Å². The molecule has 0 saturated carbocycles. The Hall–Kier alpha value is -1.03. The van der Waals surface area contributed by atoms with Gasteiger partial charge in [0.1, 0.15) is 0 Å². The molecule has 0 unspecified atom stereocenters. The first-order valence-corrected chi connectivity index (χ1v) is 8.36. The largest absolute Gasteiger partial charge is 0.368 e. The molecule has 0 bridgehead atoms. The summed E-state index contributed by atoms with van der Waals surface area (Å²) < 4.78 is 1.13. The quantitative estimate of drug-likeness (QED) is 0.794. The van der Waals surface area contributed by atoms with E-state index in [1.807, 2.05) is 12.1 Å². The van der Waals surface area contributed by atoms with Crippen molar-refractivity contribution < 1.29 is 0 Å². The van der Waals surface area contributed by atoms with Crippen molar-refractivity contribution in [2.24, 2.45) is 0 Å². The Kier molecular flexibility index (Phi) is 4.84. The van der Waals surface area contributed by atoms with E-state index in [1.165, 1.54) is 5.56 Å². The molecule has 1 aliphatic rings. The minimum atomic E-state index is 0.846. The maximum absolute atomic E-state index is 6.28. The summed E-state index contributed by atoms with van der Waals surface area (Å²) in [4.78, 5) is 4.87. The molecular weight excluding hydrogens is 348 g/mol. The molecule has 2 aromatic carbocycles. The van der Waals surface area contributed by atoms with Gasteiger partial charge < -0.3 is 4.90 Å². The Bertz CT molecular complexity index is 592. The van der Waals surface area contributed by atoms with Crippen molar-refractivity contribution in [1.29, 1.82) is 0 Å². The van der Waals surface area contributed by atoms with Crippen molar-refractivity contribution in [3.05, 3.63) is 63.6 Å². The molecule has 0 aliphatic carbocycles. The second-order valence-corrected chi connectivity index (χ2v) is 6.66. The Morgan fingerprint density at radius 2 is 1.57 bits per heavy atom. The maximum Gasteiger partial charge on any atom is 0.0639 e. The van der Waals surface area contributed by atoms with E-state index in [4.69, 9.17) is 11.6 Å². The van der Waals surface area contributed by atoms with Gasteiger partial charge in [-0.15, -0.1) is 0 Å². The van der Waals surface area contributed by atoms with Gasteiger partial charge in [0, 0.05) is 37.2 Å². The van der Waals surface area contributed by atoms with Crippen LogP contribution in [0.2, 0.25) is 5.02 Å². The van der Waals surface area contributed by atoms with Gasteiger partial charge in [0.2, 0.25) is 0 Å². The predicted octanol–water partition coefficient (Wildman–Crippen LogP) is 4.42. The Morgan fingerprint density at radius 3 is 2.24 bits per heavy atom. The highest BCUT2D eigenvalue weighted by Crippen LogP contribution is 2.26. The van der Waals surface area contributed by atoms with Gasteiger partial charge in [-0.2, -0.15) is 0 Å². The zero-order valence-electron chi connectivity index (χ0n) is 11.8. The normalized spacial score (nSPS) is 16.2. The summed E-state index contributed by atoms with van der Waals surface area (Å²) in [6.07, 6.45) is 0. The summed E-state index contributed by atoms with van der Waals surface area (Å²) in [7, 11) is 0. The average molecular weight is 366 g/mol. The summed E-state index contributed by atoms with van der Waals surface area (Å²) in [5.41, 5.74) is 2.52. The van der Waals surface area contributed by atoms with E-state index < -0.39 is 0 Å². The van der Waals surface area contributed by atoms with Crippen LogP contribution in [0.4, 0.5) is 5.69 Å². The highest BCUT2D eigenvalue weighted by Gasteiger charge is 2.18. The third kappa shape index (κ3) is 3.79. The summed E-state index contributed by atoms with van der Waals surface area (Å²) in [6, 6.07) is 16.7. The highest BCUT2D eigenvalue weighted by atomic mass is 79.9. The molecule has 21 heavy (non-hydrogen) atoms. The molecule has 1 fully saturated rings. The van der Waals surface area contributed by atoms with Crippen LogP contribution in [0, 0.1) is 0 Å². The number of anilines is 1. The SMILES string of the molecule is Clc1ccccc1N1CCN(Cc2ccc(Br)cc2)CC1. The van der Waals surface area contributed by atoms with Gasteiger partial charge in [0.15, 0.2) is 0 Å². The number of para-hydroxylation sites is 1. The molecule has 0 spiro atoms. The second kappa shape index (κ2) is 6.82. The van der Waals surface area contributed by atoms with Crippen LogP contribution in [-0.2, 0) is 6.54 Å². The van der Waals surface area contributed by atoms with Gasteiger partial charge in [-0.1, -0.05) is 51.8 Å². The first-order chi connectivity index (χ1) is 10.2. The van der Waals surface area contributed by atoms with Crippen LogP contribution in [0.25, 0.3) is 0 Å². The number of nitrogens with zero attached hydrogens (tertiary/aromatic N) is 2. The molecule has 1 heterocycles. The van der Waals surface area contributed by atoms with E-state index in [1.54, 1.807) is 0 Å². The molecule has 0 amide bonds. The Balaban J connectivity index is 1.58. The fourth-order valence-electron chi connectivity index (χ4n) is 2.70. The molecule has 0 aromatic heterocycles. The molecule has 0 radical (unpaired) electrons. The van der Waals surface area contributed by atoms with Gasteiger partial charge in [-0.25, -0.2) is 0 Å². The molecule has 4 heteroatoms. The lowest BCUT2D eigenvalue weighted by Crippen LogP contribution is -2.46. The number of piperazine rings is 1. The standard InChI is InChI=1S/C17H18BrClN2/c18-15-7-5-14(6-8-15)13-20-9-11-21(12-10-20)17-4-2-1-3-16(17)19/h1-8H,9-13H2. The van der Waals surface area contributed by atoms with E-state index in [0.29, 0.717) is 0 Å². The molecular formula is C17H18BrClN2. The molecule has 1 saturated heterocycles. The van der Waals surface area contributed by atoms with Gasteiger partial charge >= 0.3 is 0 Å². The zero-order chi connectivity index (χ0) is 14.7. The molecule has 0 N–H and O–H groups in total. The molecule has 2 aromatic rings. The third-order valence-electron chi connectivity index (χ3n) is 3.88. The monoisotopic (exact) mass is 364 g/mol. The van der Waals surface area contributed by atoms with Crippen molar-refractivity contribution in [2.45, 2.75) is 6.54 Å². The van der Waals surface area contributed by atoms with Crippen LogP contribution in [0.1, 0.15) is 5.56 Å². The van der Waals surface area contributed by atoms with Crippen molar-refractivity contribution >= 4 is 33.2 Å². The number of hydrogen-bond donors (Lipinski definition) is 0. The lowest BCUT2D eigenvalue weighted by atomic mass is 10.2. The van der Waals surface area contributed by atoms with Gasteiger partial charge in [-0.3, -0.25) is 4.90 Å². The predicted molar refractivity (Wildman–Crippen MR) is 93.1 cm³/mol. The first-order valence-electron chi connectivity index (χ1n) is 7.18. The summed E-state index contributed by atoms with van der Waals surface area (Å²) in [6.45, 7) is 5.22. The molecule has 110 valence electrons. The minimum Gasteiger partial charge on any atom is -0.368 e. The van der Waals surface area contributed by atoms with Crippen LogP contribution < -0.4 is 4.90 Å². The maximum atomic E-state index is 6.28. The van der Waals surface area contributed by atoms with Crippen molar-refractivity contribution in [3.63, 3.8) is 0 Å². The summed E-state index contributed by atoms with van der Waals surface area (Å²) >= 11 is 9.76. The fraction of sp³-hybridized carbons (Fsp3) is 0.294. The van der Waals surface area contributed by atoms with Crippen LogP contribution in [0.5, 0.6) is 0 Å². The van der Waals surface area contributed by atoms with Crippen LogP contribution in [-0.4, -0.2) is 31.1 Å². The lowest BCUT2D eigenvalue weighted by molar-refractivity contribution is 0.250. The molecule has 0 atom stereocenters. The van der Waals surface area contributed by atoms with Crippen LogP contribution >= 0.6 is 27.5 Å². The summed E-state index contributed by atoms with van der Waals surface area (Å²) in [5.74, 6) is 0. The van der Waals surface area contributed by atoms with E-state index in [2.05, 4.69) is 62.1 Å². The van der Waals surface area contributed by atoms with E-state index in [0.717, 1.165) is 47.9 Å². The first kappa shape index (κ1) is 14.9. The Morgan fingerprint density at radius 1 is 0.905 bits per heavy atom. The van der Waals surface area contributed by atoms with Crippen molar-refractivity contribution in [2.75, 3.05) is 31.1 Å². The van der Waals surface area contributed by atoms with Crippen LogP contribution in [0.3, 0.4) is 0 Å². The van der Waals surface area contributed by atoms with Crippen molar-refractivity contribution in [1.82, 2.24) is 4.90 Å². The molecule has 3 rings (SSSR count). The third-order valence-corrected chi connectivity index (χ3v) is 4.73. The van der Waals surface area contributed by atoms with E-state index in [-0.39, 0.29) is 0 Å². The number of hydrogen-bond acceptors (Lipinski definition) is 2. The smallest absolute Gasteiger partial charge is 0.0639 e. The number of benzene rings is 2. The van der Waals surface area contributed by atoms with Gasteiger partial charge in [0.25, 0.3) is 0 Å². The highest BCUT2D eigenvalue weighted by molar-refractivity contribution is 9.10. The molecule has 2 nitrogen and oxygen atoms in total. The fourth-order valence-corrected chi connectivity index (χ4v) is 3.22. The average Bonchev–Trinajstić information content (AvgIpc) is 2.51.